The van der Waals surface area contributed by atoms with Crippen molar-refractivity contribution in [1.82, 2.24) is 14.5 Å². The summed E-state index contributed by atoms with van der Waals surface area (Å²) in [5.41, 5.74) is 1.59. The van der Waals surface area contributed by atoms with Crippen LogP contribution in [0.5, 0.6) is 0 Å². The maximum atomic E-state index is 12.6. The van der Waals surface area contributed by atoms with Gasteiger partial charge in [-0.05, 0) is 37.5 Å². The number of benzene rings is 1. The first-order valence-electron chi connectivity index (χ1n) is 7.66. The summed E-state index contributed by atoms with van der Waals surface area (Å²) < 4.78 is 1.94. The van der Waals surface area contributed by atoms with E-state index < -0.39 is 12.0 Å². The minimum absolute atomic E-state index is 0.0548. The van der Waals surface area contributed by atoms with Crippen LogP contribution >= 0.6 is 0 Å². The van der Waals surface area contributed by atoms with Gasteiger partial charge in [-0.15, -0.1) is 0 Å². The number of carboxylic acid groups (broad SMARTS) is 1. The molecule has 1 heterocycles. The van der Waals surface area contributed by atoms with E-state index in [9.17, 15) is 14.7 Å². The van der Waals surface area contributed by atoms with Crippen LogP contribution in [0.3, 0.4) is 0 Å². The number of aliphatic carboxylic acids is 1. The van der Waals surface area contributed by atoms with Crippen molar-refractivity contribution in [2.75, 3.05) is 0 Å². The van der Waals surface area contributed by atoms with Crippen LogP contribution in [0, 0.1) is 0 Å². The lowest BCUT2D eigenvalue weighted by Gasteiger charge is -2.26. The van der Waals surface area contributed by atoms with Crippen LogP contribution in [0.1, 0.15) is 35.7 Å². The second-order valence-corrected chi connectivity index (χ2v) is 5.89. The number of hydrogen-bond acceptors (Lipinski definition) is 3. The summed E-state index contributed by atoms with van der Waals surface area (Å²) in [6.07, 6.45) is 7.09. The molecule has 0 aliphatic heterocycles. The van der Waals surface area contributed by atoms with E-state index in [0.29, 0.717) is 12.1 Å². The molecule has 1 aromatic carbocycles. The molecule has 6 nitrogen and oxygen atoms in total. The quantitative estimate of drug-likeness (QED) is 0.885. The van der Waals surface area contributed by atoms with E-state index in [4.69, 9.17) is 0 Å². The molecule has 1 aromatic heterocycles. The first kappa shape index (κ1) is 15.3. The lowest BCUT2D eigenvalue weighted by Crippen LogP contribution is -2.44. The SMILES string of the molecule is CC(C(=O)O)N(C(=O)c1ccc(Cn2ccnc2)cc1)C1CC1. The van der Waals surface area contributed by atoms with Crippen LogP contribution in [-0.2, 0) is 11.3 Å². The van der Waals surface area contributed by atoms with E-state index >= 15 is 0 Å². The highest BCUT2D eigenvalue weighted by Gasteiger charge is 2.38. The summed E-state index contributed by atoms with van der Waals surface area (Å²) in [6.45, 7) is 2.25. The van der Waals surface area contributed by atoms with Crippen LogP contribution < -0.4 is 0 Å². The largest absolute Gasteiger partial charge is 0.480 e. The summed E-state index contributed by atoms with van der Waals surface area (Å²) >= 11 is 0. The van der Waals surface area contributed by atoms with Crippen molar-refractivity contribution in [2.45, 2.75) is 38.4 Å². The molecule has 1 fully saturated rings. The van der Waals surface area contributed by atoms with Crippen LogP contribution in [0.4, 0.5) is 0 Å². The molecule has 3 rings (SSSR count). The first-order valence-corrected chi connectivity index (χ1v) is 7.66. The van der Waals surface area contributed by atoms with Gasteiger partial charge in [0.2, 0.25) is 0 Å². The van der Waals surface area contributed by atoms with Crippen LogP contribution in [0.25, 0.3) is 0 Å². The molecule has 120 valence electrons. The Balaban J connectivity index is 1.74. The van der Waals surface area contributed by atoms with E-state index in [1.807, 2.05) is 22.9 Å². The molecule has 1 aliphatic carbocycles. The average Bonchev–Trinajstić information content (AvgIpc) is 3.24. The summed E-state index contributed by atoms with van der Waals surface area (Å²) in [6, 6.07) is 6.56. The topological polar surface area (TPSA) is 75.4 Å². The molecular weight excluding hydrogens is 294 g/mol. The summed E-state index contributed by atoms with van der Waals surface area (Å²) in [7, 11) is 0. The van der Waals surface area contributed by atoms with Crippen LogP contribution in [0.2, 0.25) is 0 Å². The number of carboxylic acids is 1. The van der Waals surface area contributed by atoms with Gasteiger partial charge >= 0.3 is 5.97 Å². The van der Waals surface area contributed by atoms with Gasteiger partial charge in [-0.3, -0.25) is 4.79 Å². The third kappa shape index (κ3) is 3.41. The van der Waals surface area contributed by atoms with Gasteiger partial charge in [0.15, 0.2) is 0 Å². The lowest BCUT2D eigenvalue weighted by molar-refractivity contribution is -0.141. The van der Waals surface area contributed by atoms with Crippen molar-refractivity contribution in [3.63, 3.8) is 0 Å². The third-order valence-corrected chi connectivity index (χ3v) is 4.07. The van der Waals surface area contributed by atoms with E-state index in [0.717, 1.165) is 18.4 Å². The van der Waals surface area contributed by atoms with Crippen molar-refractivity contribution in [3.05, 3.63) is 54.1 Å². The fourth-order valence-electron chi connectivity index (χ4n) is 2.62. The van der Waals surface area contributed by atoms with Gasteiger partial charge < -0.3 is 14.6 Å². The van der Waals surface area contributed by atoms with Crippen molar-refractivity contribution in [2.24, 2.45) is 0 Å². The van der Waals surface area contributed by atoms with Gasteiger partial charge in [-0.1, -0.05) is 12.1 Å². The number of rotatable bonds is 6. The highest BCUT2D eigenvalue weighted by atomic mass is 16.4. The van der Waals surface area contributed by atoms with E-state index in [-0.39, 0.29) is 11.9 Å². The smallest absolute Gasteiger partial charge is 0.326 e. The van der Waals surface area contributed by atoms with Gasteiger partial charge in [0.05, 0.1) is 6.33 Å². The highest BCUT2D eigenvalue weighted by Crippen LogP contribution is 2.30. The number of imidazole rings is 1. The van der Waals surface area contributed by atoms with E-state index in [2.05, 4.69) is 4.98 Å². The van der Waals surface area contributed by atoms with E-state index in [1.165, 1.54) is 4.90 Å². The Kier molecular flexibility index (Phi) is 4.14. The molecule has 2 aromatic rings. The molecule has 1 aliphatic rings. The molecule has 1 atom stereocenters. The lowest BCUT2D eigenvalue weighted by atomic mass is 10.1. The maximum Gasteiger partial charge on any atom is 0.326 e. The van der Waals surface area contributed by atoms with Crippen molar-refractivity contribution in [1.29, 1.82) is 0 Å². The normalized spacial score (nSPS) is 15.2. The van der Waals surface area contributed by atoms with Gasteiger partial charge in [0.25, 0.3) is 5.91 Å². The van der Waals surface area contributed by atoms with Gasteiger partial charge in [-0.2, -0.15) is 0 Å². The van der Waals surface area contributed by atoms with Crippen molar-refractivity contribution in [3.8, 4) is 0 Å². The molecule has 0 radical (unpaired) electrons. The van der Waals surface area contributed by atoms with Gasteiger partial charge in [-0.25, -0.2) is 9.78 Å². The zero-order valence-corrected chi connectivity index (χ0v) is 12.9. The molecular formula is C17H19N3O3. The van der Waals surface area contributed by atoms with E-state index in [1.54, 1.807) is 31.6 Å². The second kappa shape index (κ2) is 6.24. The number of hydrogen-bond donors (Lipinski definition) is 1. The fourth-order valence-corrected chi connectivity index (χ4v) is 2.62. The predicted octanol–water partition coefficient (Wildman–Crippen LogP) is 2.01. The number of amides is 1. The molecule has 0 saturated heterocycles. The zero-order valence-electron chi connectivity index (χ0n) is 12.9. The predicted molar refractivity (Wildman–Crippen MR) is 84.1 cm³/mol. The third-order valence-electron chi connectivity index (χ3n) is 4.07. The molecule has 23 heavy (non-hydrogen) atoms. The Labute approximate surface area is 134 Å². The molecule has 0 spiro atoms. The summed E-state index contributed by atoms with van der Waals surface area (Å²) in [4.78, 5) is 29.4. The Hall–Kier alpha value is -2.63. The first-order chi connectivity index (χ1) is 11.1. The standard InChI is InChI=1S/C17H19N3O3/c1-12(17(22)23)20(15-6-7-15)16(21)14-4-2-13(3-5-14)10-19-9-8-18-11-19/h2-5,8-9,11-12,15H,6-7,10H2,1H3,(H,22,23). The maximum absolute atomic E-state index is 12.6. The van der Waals surface area contributed by atoms with Crippen molar-refractivity contribution >= 4 is 11.9 Å². The number of carbonyl (C=O) groups is 2. The second-order valence-electron chi connectivity index (χ2n) is 5.89. The molecule has 1 N–H and O–H groups in total. The fraction of sp³-hybridized carbons (Fsp3) is 0.353. The molecule has 0 bridgehead atoms. The highest BCUT2D eigenvalue weighted by molar-refractivity contribution is 5.97. The number of nitrogens with zero attached hydrogens (tertiary/aromatic N) is 3. The minimum atomic E-state index is -0.970. The van der Waals surface area contributed by atoms with Crippen molar-refractivity contribution < 1.29 is 14.7 Å². The minimum Gasteiger partial charge on any atom is -0.480 e. The Morgan fingerprint density at radius 3 is 2.57 bits per heavy atom. The zero-order chi connectivity index (χ0) is 16.4. The van der Waals surface area contributed by atoms with Crippen LogP contribution in [0.15, 0.2) is 43.0 Å². The monoisotopic (exact) mass is 313 g/mol. The molecule has 1 saturated carbocycles. The Bertz CT molecular complexity index is 690. The number of carbonyl (C=O) groups excluding carboxylic acids is 1. The molecule has 1 amide bonds. The summed E-state index contributed by atoms with van der Waals surface area (Å²) in [5, 5.41) is 9.21. The average molecular weight is 313 g/mol. The van der Waals surface area contributed by atoms with Gasteiger partial charge in [0.1, 0.15) is 6.04 Å². The molecule has 6 heteroatoms. The molecule has 1 unspecified atom stereocenters. The summed E-state index contributed by atoms with van der Waals surface area (Å²) in [5.74, 6) is -1.18. The van der Waals surface area contributed by atoms with Crippen LogP contribution in [-0.4, -0.2) is 43.5 Å². The Morgan fingerprint density at radius 1 is 1.35 bits per heavy atom. The van der Waals surface area contributed by atoms with Gasteiger partial charge in [0, 0.05) is 30.5 Å². The Morgan fingerprint density at radius 2 is 2.04 bits per heavy atom. The number of aromatic nitrogens is 2.